The molecule has 8 heteroatoms. The Morgan fingerprint density at radius 3 is 2.06 bits per heavy atom. The van der Waals surface area contributed by atoms with E-state index in [9.17, 15) is 19.7 Å². The molecule has 3 aromatic carbocycles. The smallest absolute Gasteiger partial charge is 0.294 e. The van der Waals surface area contributed by atoms with Crippen molar-refractivity contribution in [2.75, 3.05) is 0 Å². The molecule has 1 N–H and O–H groups in total. The minimum atomic E-state index is -0.676. The van der Waals surface area contributed by atoms with Gasteiger partial charge in [0, 0.05) is 17.8 Å². The Hall–Kier alpha value is -4.59. The predicted octanol–water partition coefficient (Wildman–Crippen LogP) is 3.97. The fourth-order valence-corrected chi connectivity index (χ4v) is 3.60. The van der Waals surface area contributed by atoms with Crippen molar-refractivity contribution in [3.8, 4) is 5.69 Å². The maximum atomic E-state index is 13.2. The second-order valence-corrected chi connectivity index (χ2v) is 7.38. The molecular formula is C25H20N4O4. The monoisotopic (exact) mass is 440 g/mol. The highest BCUT2D eigenvalue weighted by Gasteiger charge is 2.23. The van der Waals surface area contributed by atoms with Gasteiger partial charge in [0.2, 0.25) is 5.43 Å². The Balaban J connectivity index is 1.76. The number of carbonyl (C=O) groups excluding carboxylic acids is 1. The van der Waals surface area contributed by atoms with E-state index in [-0.39, 0.29) is 17.1 Å². The predicted molar refractivity (Wildman–Crippen MR) is 123 cm³/mol. The van der Waals surface area contributed by atoms with Crippen LogP contribution in [0, 0.1) is 17.0 Å². The number of para-hydroxylation sites is 2. The van der Waals surface area contributed by atoms with Crippen molar-refractivity contribution in [1.82, 2.24) is 15.1 Å². The highest BCUT2D eigenvalue weighted by molar-refractivity contribution is 5.92. The second-order valence-electron chi connectivity index (χ2n) is 7.38. The number of carbonyl (C=O) groups is 1. The number of nitro benzene ring substituents is 1. The topological polar surface area (TPSA) is 107 Å². The zero-order valence-electron chi connectivity index (χ0n) is 17.7. The summed E-state index contributed by atoms with van der Waals surface area (Å²) in [5.74, 6) is -0.676. The summed E-state index contributed by atoms with van der Waals surface area (Å²) in [6.45, 7) is 1.60. The van der Waals surface area contributed by atoms with E-state index in [0.29, 0.717) is 5.69 Å². The van der Waals surface area contributed by atoms with Crippen molar-refractivity contribution in [1.29, 1.82) is 0 Å². The van der Waals surface area contributed by atoms with Crippen LogP contribution in [0.25, 0.3) is 5.69 Å². The van der Waals surface area contributed by atoms with Crippen molar-refractivity contribution in [2.24, 2.45) is 0 Å². The standard InChI is InChI=1S/C25H20N4O4/c1-17-16-22(30)24(27-28(17)20-14-8-9-15-21(20)29(32)33)25(31)26-23(18-10-4-2-5-11-18)19-12-6-3-7-13-19/h2-16,23H,1H3,(H,26,31). The van der Waals surface area contributed by atoms with Crippen LogP contribution in [0.15, 0.2) is 95.8 Å². The molecule has 0 fully saturated rings. The molecule has 0 bridgehead atoms. The number of aromatic nitrogens is 2. The van der Waals surface area contributed by atoms with E-state index < -0.39 is 22.3 Å². The summed E-state index contributed by atoms with van der Waals surface area (Å²) >= 11 is 0. The number of hydrogen-bond donors (Lipinski definition) is 1. The van der Waals surface area contributed by atoms with E-state index in [1.165, 1.54) is 28.9 Å². The third-order valence-electron chi connectivity index (χ3n) is 5.17. The zero-order valence-corrected chi connectivity index (χ0v) is 17.7. The van der Waals surface area contributed by atoms with Crippen molar-refractivity contribution in [3.63, 3.8) is 0 Å². The lowest BCUT2D eigenvalue weighted by molar-refractivity contribution is -0.384. The fourth-order valence-electron chi connectivity index (χ4n) is 3.60. The average molecular weight is 440 g/mol. The molecule has 0 aliphatic carbocycles. The first kappa shape index (κ1) is 21.6. The minimum Gasteiger partial charge on any atom is -0.340 e. The molecule has 0 aliphatic heterocycles. The van der Waals surface area contributed by atoms with Crippen LogP contribution in [0.1, 0.15) is 33.4 Å². The fraction of sp³-hybridized carbons (Fsp3) is 0.0800. The van der Waals surface area contributed by atoms with Crippen LogP contribution in [-0.2, 0) is 0 Å². The first-order valence-electron chi connectivity index (χ1n) is 10.2. The first-order valence-corrected chi connectivity index (χ1v) is 10.2. The molecule has 0 saturated carbocycles. The van der Waals surface area contributed by atoms with E-state index in [1.54, 1.807) is 13.0 Å². The van der Waals surface area contributed by atoms with Crippen LogP contribution in [0.4, 0.5) is 5.69 Å². The number of hydrogen-bond acceptors (Lipinski definition) is 5. The molecule has 0 atom stereocenters. The summed E-state index contributed by atoms with van der Waals surface area (Å²) in [6, 6.07) is 25.5. The van der Waals surface area contributed by atoms with Crippen LogP contribution in [0.3, 0.4) is 0 Å². The Labute approximate surface area is 189 Å². The summed E-state index contributed by atoms with van der Waals surface area (Å²) in [4.78, 5) is 36.8. The molecule has 4 rings (SSSR count). The van der Waals surface area contributed by atoms with Crippen LogP contribution in [-0.4, -0.2) is 20.6 Å². The van der Waals surface area contributed by atoms with Crippen molar-refractivity contribution in [2.45, 2.75) is 13.0 Å². The number of nitro groups is 1. The molecule has 0 saturated heterocycles. The van der Waals surface area contributed by atoms with Gasteiger partial charge in [-0.25, -0.2) is 4.68 Å². The van der Waals surface area contributed by atoms with Gasteiger partial charge in [0.05, 0.1) is 11.0 Å². The van der Waals surface area contributed by atoms with Gasteiger partial charge in [0.15, 0.2) is 5.69 Å². The molecule has 0 radical (unpaired) electrons. The molecule has 8 nitrogen and oxygen atoms in total. The van der Waals surface area contributed by atoms with Gasteiger partial charge in [-0.3, -0.25) is 19.7 Å². The molecule has 1 heterocycles. The highest BCUT2D eigenvalue weighted by atomic mass is 16.6. The largest absolute Gasteiger partial charge is 0.340 e. The average Bonchev–Trinajstić information content (AvgIpc) is 2.83. The van der Waals surface area contributed by atoms with Gasteiger partial charge in [0.25, 0.3) is 11.6 Å². The number of aryl methyl sites for hydroxylation is 1. The van der Waals surface area contributed by atoms with E-state index in [1.807, 2.05) is 60.7 Å². The van der Waals surface area contributed by atoms with E-state index in [2.05, 4.69) is 10.4 Å². The molecule has 0 aliphatic rings. The minimum absolute atomic E-state index is 0.164. The quantitative estimate of drug-likeness (QED) is 0.361. The zero-order chi connectivity index (χ0) is 23.4. The van der Waals surface area contributed by atoms with Crippen LogP contribution in [0.2, 0.25) is 0 Å². The number of amides is 1. The lowest BCUT2D eigenvalue weighted by atomic mass is 9.98. The van der Waals surface area contributed by atoms with Gasteiger partial charge in [-0.05, 0) is 24.1 Å². The van der Waals surface area contributed by atoms with Crippen LogP contribution in [0.5, 0.6) is 0 Å². The third kappa shape index (κ3) is 4.54. The van der Waals surface area contributed by atoms with Crippen molar-refractivity contribution < 1.29 is 9.72 Å². The van der Waals surface area contributed by atoms with Crippen LogP contribution < -0.4 is 10.7 Å². The SMILES string of the molecule is Cc1cc(=O)c(C(=O)NC(c2ccccc2)c2ccccc2)nn1-c1ccccc1[N+](=O)[O-]. The number of rotatable bonds is 6. The molecule has 0 spiro atoms. The molecule has 4 aromatic rings. The van der Waals surface area contributed by atoms with Gasteiger partial charge in [0.1, 0.15) is 5.69 Å². The van der Waals surface area contributed by atoms with Crippen LogP contribution >= 0.6 is 0 Å². The Morgan fingerprint density at radius 2 is 1.48 bits per heavy atom. The number of benzene rings is 3. The maximum absolute atomic E-state index is 13.2. The number of nitrogens with one attached hydrogen (secondary N) is 1. The summed E-state index contributed by atoms with van der Waals surface area (Å²) in [6.07, 6.45) is 0. The summed E-state index contributed by atoms with van der Waals surface area (Å²) in [7, 11) is 0. The molecule has 0 unspecified atom stereocenters. The van der Waals surface area contributed by atoms with Gasteiger partial charge in [-0.2, -0.15) is 5.10 Å². The van der Waals surface area contributed by atoms with Crippen molar-refractivity contribution in [3.05, 3.63) is 134 Å². The van der Waals surface area contributed by atoms with Gasteiger partial charge < -0.3 is 5.32 Å². The highest BCUT2D eigenvalue weighted by Crippen LogP contribution is 2.24. The second kappa shape index (κ2) is 9.27. The van der Waals surface area contributed by atoms with E-state index in [4.69, 9.17) is 0 Å². The Kier molecular flexibility index (Phi) is 6.08. The molecule has 1 aromatic heterocycles. The summed E-state index contributed by atoms with van der Waals surface area (Å²) < 4.78 is 1.24. The van der Waals surface area contributed by atoms with Gasteiger partial charge in [-0.15, -0.1) is 0 Å². The maximum Gasteiger partial charge on any atom is 0.294 e. The summed E-state index contributed by atoms with van der Waals surface area (Å²) in [5, 5.41) is 18.6. The molecular weight excluding hydrogens is 420 g/mol. The lowest BCUT2D eigenvalue weighted by Gasteiger charge is -2.20. The Bertz CT molecular complexity index is 1330. The number of nitrogens with zero attached hydrogens (tertiary/aromatic N) is 3. The first-order chi connectivity index (χ1) is 16.0. The molecule has 164 valence electrons. The normalized spacial score (nSPS) is 10.7. The lowest BCUT2D eigenvalue weighted by Crippen LogP contribution is -2.35. The van der Waals surface area contributed by atoms with E-state index >= 15 is 0 Å². The third-order valence-corrected chi connectivity index (χ3v) is 5.17. The van der Waals surface area contributed by atoms with Gasteiger partial charge in [-0.1, -0.05) is 72.8 Å². The molecule has 1 amide bonds. The molecule has 33 heavy (non-hydrogen) atoms. The van der Waals surface area contributed by atoms with Crippen molar-refractivity contribution >= 4 is 11.6 Å². The van der Waals surface area contributed by atoms with Gasteiger partial charge >= 0.3 is 0 Å². The summed E-state index contributed by atoms with van der Waals surface area (Å²) in [5.41, 5.74) is 1.10. The van der Waals surface area contributed by atoms with E-state index in [0.717, 1.165) is 11.1 Å². The Morgan fingerprint density at radius 1 is 0.939 bits per heavy atom.